The van der Waals surface area contributed by atoms with Crippen molar-refractivity contribution in [2.24, 2.45) is 0 Å². The van der Waals surface area contributed by atoms with Crippen molar-refractivity contribution in [1.29, 1.82) is 0 Å². The van der Waals surface area contributed by atoms with Crippen LogP contribution in [0.4, 0.5) is 34.1 Å². The highest BCUT2D eigenvalue weighted by Gasteiger charge is 2.27. The topological polar surface area (TPSA) is 6.48 Å². The Bertz CT molecular complexity index is 4860. The van der Waals surface area contributed by atoms with E-state index in [-0.39, 0.29) is 0 Å². The van der Waals surface area contributed by atoms with E-state index < -0.39 is 0 Å². The van der Waals surface area contributed by atoms with Crippen LogP contribution < -0.4 is 9.80 Å². The molecule has 2 nitrogen and oxygen atoms in total. The van der Waals surface area contributed by atoms with Crippen molar-refractivity contribution < 1.29 is 0 Å². The van der Waals surface area contributed by atoms with Crippen molar-refractivity contribution in [2.75, 3.05) is 9.80 Å². The maximum Gasteiger partial charge on any atom is 0.0540 e. The predicted octanol–water partition coefficient (Wildman–Crippen LogP) is 23.1. The molecule has 2 aromatic heterocycles. The van der Waals surface area contributed by atoms with Gasteiger partial charge in [0.1, 0.15) is 0 Å². The largest absolute Gasteiger partial charge is 0.309 e. The van der Waals surface area contributed by atoms with Gasteiger partial charge in [-0.3, -0.25) is 0 Å². The Hall–Kier alpha value is -9.32. The average molecular weight is 1060 g/mol. The van der Waals surface area contributed by atoms with Crippen LogP contribution in [0.15, 0.2) is 243 Å². The molecule has 0 N–H and O–H groups in total. The minimum Gasteiger partial charge on any atom is -0.309 e. The van der Waals surface area contributed by atoms with Crippen LogP contribution in [0.3, 0.4) is 0 Å². The normalized spacial score (nSPS) is 12.0. The smallest absolute Gasteiger partial charge is 0.0540 e. The monoisotopic (exact) mass is 1060 g/mol. The quantitative estimate of drug-likeness (QED) is 0.140. The number of anilines is 6. The van der Waals surface area contributed by atoms with Gasteiger partial charge in [-0.25, -0.2) is 0 Å². The summed E-state index contributed by atoms with van der Waals surface area (Å²) in [6, 6.07) is 90.9. The molecule has 2 heterocycles. The molecule has 0 radical (unpaired) electrons. The van der Waals surface area contributed by atoms with Gasteiger partial charge in [0, 0.05) is 62.5 Å². The molecular weight excluding hydrogens is 1000 g/mol. The molecule has 0 saturated heterocycles. The fourth-order valence-electron chi connectivity index (χ4n) is 13.4. The van der Waals surface area contributed by atoms with Gasteiger partial charge in [0.05, 0.1) is 22.7 Å². The van der Waals surface area contributed by atoms with Crippen LogP contribution in [0.1, 0.15) is 22.3 Å². The lowest BCUT2D eigenvalue weighted by Gasteiger charge is -2.32. The van der Waals surface area contributed by atoms with Crippen molar-refractivity contribution in [2.45, 2.75) is 27.7 Å². The maximum atomic E-state index is 2.53. The van der Waals surface area contributed by atoms with Gasteiger partial charge in [-0.1, -0.05) is 182 Å². The molecule has 0 aliphatic rings. The first-order valence-electron chi connectivity index (χ1n) is 27.6. The van der Waals surface area contributed by atoms with Crippen molar-refractivity contribution in [3.63, 3.8) is 0 Å². The van der Waals surface area contributed by atoms with Crippen LogP contribution in [0.5, 0.6) is 0 Å². The molecule has 16 aromatic rings. The molecule has 0 fully saturated rings. The molecule has 0 saturated carbocycles. The first kappa shape index (κ1) is 46.7. The van der Waals surface area contributed by atoms with E-state index in [1.165, 1.54) is 150 Å². The van der Waals surface area contributed by atoms with Crippen LogP contribution in [0, 0.1) is 27.7 Å². The zero-order chi connectivity index (χ0) is 53.3. The van der Waals surface area contributed by atoms with Crippen molar-refractivity contribution >= 4 is 151 Å². The van der Waals surface area contributed by atoms with Gasteiger partial charge in [-0.15, -0.1) is 22.7 Å². The lowest BCUT2D eigenvalue weighted by atomic mass is 9.90. The van der Waals surface area contributed by atoms with Gasteiger partial charge in [0.25, 0.3) is 0 Å². The lowest BCUT2D eigenvalue weighted by Crippen LogP contribution is -2.14. The zero-order valence-corrected chi connectivity index (χ0v) is 46.4. The third kappa shape index (κ3) is 7.09. The van der Waals surface area contributed by atoms with E-state index in [9.17, 15) is 0 Å². The third-order valence-electron chi connectivity index (χ3n) is 17.2. The molecule has 16 rings (SSSR count). The van der Waals surface area contributed by atoms with Crippen LogP contribution in [-0.4, -0.2) is 0 Å². The highest BCUT2D eigenvalue weighted by atomic mass is 32.1. The second-order valence-corrected chi connectivity index (χ2v) is 23.8. The molecule has 0 spiro atoms. The van der Waals surface area contributed by atoms with E-state index in [1.807, 2.05) is 22.7 Å². The Morgan fingerprint density at radius 1 is 0.275 bits per heavy atom. The second-order valence-electron chi connectivity index (χ2n) is 21.7. The Balaban J connectivity index is 0.885. The summed E-state index contributed by atoms with van der Waals surface area (Å²) in [6.45, 7) is 9.21. The highest BCUT2D eigenvalue weighted by molar-refractivity contribution is 7.26. The minimum absolute atomic E-state index is 1.12. The van der Waals surface area contributed by atoms with Gasteiger partial charge < -0.3 is 9.80 Å². The summed E-state index contributed by atoms with van der Waals surface area (Å²) in [7, 11) is 0. The first-order chi connectivity index (χ1) is 39.3. The van der Waals surface area contributed by atoms with E-state index >= 15 is 0 Å². The molecule has 0 bridgehead atoms. The number of hydrogen-bond acceptors (Lipinski definition) is 4. The summed E-state index contributed by atoms with van der Waals surface area (Å²) < 4.78 is 5.29. The molecule has 80 heavy (non-hydrogen) atoms. The molecular formula is C76H52N2S2. The fraction of sp³-hybridized carbons (Fsp3) is 0.0526. The van der Waals surface area contributed by atoms with Gasteiger partial charge in [0.2, 0.25) is 0 Å². The number of hydrogen-bond donors (Lipinski definition) is 0. The van der Waals surface area contributed by atoms with Crippen LogP contribution in [0.25, 0.3) is 116 Å². The van der Waals surface area contributed by atoms with Crippen molar-refractivity contribution in [3.8, 4) is 22.3 Å². The fourth-order valence-corrected chi connectivity index (χ4v) is 15.9. The maximum absolute atomic E-state index is 2.53. The SMILES string of the molecule is Cc1ccc(-c2cccc3c2sc2cc4ccccc4cc23)c(C)c1N(c1ccccc1)c1ccc2ccc3c(N(c4ccccc4)c4c(C)ccc(-c5cccc6c5sc5cc7ccccc7cc56)c4C)ccc4ccc1c2c43. The van der Waals surface area contributed by atoms with E-state index in [0.29, 0.717) is 0 Å². The molecule has 378 valence electrons. The Kier molecular flexibility index (Phi) is 10.6. The number of para-hydroxylation sites is 2. The summed E-state index contributed by atoms with van der Waals surface area (Å²) in [4.78, 5) is 5.07. The van der Waals surface area contributed by atoms with Crippen LogP contribution in [0.2, 0.25) is 0 Å². The van der Waals surface area contributed by atoms with E-state index in [4.69, 9.17) is 0 Å². The van der Waals surface area contributed by atoms with E-state index in [2.05, 4.69) is 280 Å². The number of rotatable bonds is 8. The van der Waals surface area contributed by atoms with E-state index in [1.54, 1.807) is 0 Å². The molecule has 0 aliphatic carbocycles. The van der Waals surface area contributed by atoms with Crippen molar-refractivity contribution in [1.82, 2.24) is 0 Å². The van der Waals surface area contributed by atoms with Crippen LogP contribution >= 0.6 is 22.7 Å². The summed E-state index contributed by atoms with van der Waals surface area (Å²) in [5, 5.41) is 17.8. The second kappa shape index (κ2) is 18.1. The predicted molar refractivity (Wildman–Crippen MR) is 350 cm³/mol. The molecule has 0 atom stereocenters. The standard InChI is InChI=1S/C76H52N2S2/c1-45-29-35-57(59-25-15-27-61-65-41-51-17-11-13-19-53(51)43-69(65)79-75(59)61)47(3)73(45)77(55-21-7-5-8-22-55)67-39-33-49-32-38-64-68(40-34-50-31-37-63(67)71(49)72(50)64)78(56-23-9-6-10-24-56)74-46(2)30-36-58(48(74)4)60-26-16-28-62-66-42-52-18-12-14-20-54(52)44-70(66)80-76(60)62/h5-44H,1-4H3. The molecule has 0 unspecified atom stereocenters. The molecule has 0 amide bonds. The Labute approximate surface area is 472 Å². The molecule has 4 heteroatoms. The number of nitrogens with zero attached hydrogens (tertiary/aromatic N) is 2. The van der Waals surface area contributed by atoms with Crippen LogP contribution in [-0.2, 0) is 0 Å². The Morgan fingerprint density at radius 3 is 1.09 bits per heavy atom. The van der Waals surface area contributed by atoms with Gasteiger partial charge >= 0.3 is 0 Å². The third-order valence-corrected chi connectivity index (χ3v) is 19.6. The molecule has 14 aromatic carbocycles. The number of thiophene rings is 2. The van der Waals surface area contributed by atoms with Gasteiger partial charge in [-0.2, -0.15) is 0 Å². The number of benzene rings is 14. The van der Waals surface area contributed by atoms with Gasteiger partial charge in [-0.05, 0) is 176 Å². The lowest BCUT2D eigenvalue weighted by molar-refractivity contribution is 1.23. The highest BCUT2D eigenvalue weighted by Crippen LogP contribution is 2.52. The average Bonchev–Trinajstić information content (AvgIpc) is 4.07. The van der Waals surface area contributed by atoms with Gasteiger partial charge in [0.15, 0.2) is 0 Å². The summed E-state index contributed by atoms with van der Waals surface area (Å²) >= 11 is 3.82. The molecule has 0 aliphatic heterocycles. The first-order valence-corrected chi connectivity index (χ1v) is 29.3. The van der Waals surface area contributed by atoms with E-state index in [0.717, 1.165) is 22.7 Å². The summed E-state index contributed by atoms with van der Waals surface area (Å²) in [5.41, 5.74) is 17.0. The Morgan fingerprint density at radius 2 is 0.662 bits per heavy atom. The summed E-state index contributed by atoms with van der Waals surface area (Å²) in [5.74, 6) is 0. The number of aryl methyl sites for hydroxylation is 2. The van der Waals surface area contributed by atoms with Crippen molar-refractivity contribution in [3.05, 3.63) is 265 Å². The zero-order valence-electron chi connectivity index (χ0n) is 44.8. The number of fused-ring (bicyclic) bond motifs is 8. The summed E-state index contributed by atoms with van der Waals surface area (Å²) in [6.07, 6.45) is 0. The minimum atomic E-state index is 1.12.